The SMILES string of the molecule is Cc1cn(C)nc1-c1cccc(Cl)c1C1CCC2C(=O)N(c3cncc4ccccc34)C(=O)NC2C1. The number of fused-ring (bicyclic) bond motifs is 2. The van der Waals surface area contributed by atoms with Gasteiger partial charge in [0.1, 0.15) is 0 Å². The van der Waals surface area contributed by atoms with Gasteiger partial charge in [-0.05, 0) is 49.3 Å². The van der Waals surface area contributed by atoms with Gasteiger partial charge in [-0.25, -0.2) is 9.69 Å². The maximum absolute atomic E-state index is 13.7. The van der Waals surface area contributed by atoms with Crippen molar-refractivity contribution in [3.63, 3.8) is 0 Å². The lowest BCUT2D eigenvalue weighted by Gasteiger charge is -2.42. The number of hydrogen-bond acceptors (Lipinski definition) is 4. The highest BCUT2D eigenvalue weighted by molar-refractivity contribution is 6.31. The Balaban J connectivity index is 1.31. The monoisotopic (exact) mass is 499 g/mol. The molecule has 3 unspecified atom stereocenters. The zero-order chi connectivity index (χ0) is 25.0. The number of carbonyl (C=O) groups excluding carboxylic acids is 2. The molecule has 3 heterocycles. The van der Waals surface area contributed by atoms with Crippen LogP contribution in [0.5, 0.6) is 0 Å². The van der Waals surface area contributed by atoms with Crippen molar-refractivity contribution < 1.29 is 9.59 Å². The summed E-state index contributed by atoms with van der Waals surface area (Å²) in [6.07, 6.45) is 7.43. The predicted molar refractivity (Wildman–Crippen MR) is 140 cm³/mol. The lowest BCUT2D eigenvalue weighted by molar-refractivity contribution is -0.124. The Morgan fingerprint density at radius 2 is 1.89 bits per heavy atom. The van der Waals surface area contributed by atoms with Gasteiger partial charge < -0.3 is 5.32 Å². The normalized spacial score (nSPS) is 22.0. The Hall–Kier alpha value is -3.71. The van der Waals surface area contributed by atoms with Crippen LogP contribution in [0, 0.1) is 12.8 Å². The molecule has 0 radical (unpaired) electrons. The van der Waals surface area contributed by atoms with Crippen molar-refractivity contribution in [1.29, 1.82) is 0 Å². The first kappa shape index (κ1) is 22.7. The Bertz CT molecular complexity index is 1510. The molecule has 36 heavy (non-hydrogen) atoms. The van der Waals surface area contributed by atoms with Gasteiger partial charge >= 0.3 is 6.03 Å². The van der Waals surface area contributed by atoms with Crippen molar-refractivity contribution in [2.75, 3.05) is 4.90 Å². The maximum Gasteiger partial charge on any atom is 0.329 e. The largest absolute Gasteiger partial charge is 0.334 e. The van der Waals surface area contributed by atoms with Gasteiger partial charge in [-0.2, -0.15) is 5.10 Å². The molecule has 0 spiro atoms. The maximum atomic E-state index is 13.7. The van der Waals surface area contributed by atoms with Gasteiger partial charge in [0.15, 0.2) is 0 Å². The minimum Gasteiger partial charge on any atom is -0.334 e. The average molecular weight is 500 g/mol. The Morgan fingerprint density at radius 3 is 2.69 bits per heavy atom. The molecule has 1 aliphatic carbocycles. The van der Waals surface area contributed by atoms with Crippen LogP contribution in [0.1, 0.15) is 36.3 Å². The number of aryl methyl sites for hydroxylation is 2. The first-order valence-corrected chi connectivity index (χ1v) is 12.6. The molecule has 2 fully saturated rings. The first-order valence-electron chi connectivity index (χ1n) is 12.2. The summed E-state index contributed by atoms with van der Waals surface area (Å²) in [4.78, 5) is 32.5. The Kier molecular flexibility index (Phi) is 5.52. The molecule has 2 aromatic carbocycles. The summed E-state index contributed by atoms with van der Waals surface area (Å²) in [5.41, 5.74) is 4.57. The summed E-state index contributed by atoms with van der Waals surface area (Å²) >= 11 is 6.76. The van der Waals surface area contributed by atoms with Crippen LogP contribution in [-0.2, 0) is 11.8 Å². The summed E-state index contributed by atoms with van der Waals surface area (Å²) in [5.74, 6) is -0.351. The molecular formula is C28H26ClN5O2. The van der Waals surface area contributed by atoms with Crippen LogP contribution in [0.25, 0.3) is 22.0 Å². The zero-order valence-corrected chi connectivity index (χ0v) is 20.9. The molecule has 3 atom stereocenters. The Labute approximate surface area is 214 Å². The lowest BCUT2D eigenvalue weighted by Crippen LogP contribution is -2.61. The molecule has 6 rings (SSSR count). The highest BCUT2D eigenvalue weighted by Crippen LogP contribution is 2.45. The van der Waals surface area contributed by atoms with Crippen molar-refractivity contribution in [2.45, 2.75) is 38.1 Å². The fourth-order valence-electron chi connectivity index (χ4n) is 5.92. The summed E-state index contributed by atoms with van der Waals surface area (Å²) in [6, 6.07) is 12.9. The van der Waals surface area contributed by atoms with Crippen LogP contribution in [0.2, 0.25) is 5.02 Å². The molecule has 1 aliphatic heterocycles. The van der Waals surface area contributed by atoms with Crippen molar-refractivity contribution in [3.8, 4) is 11.3 Å². The second-order valence-electron chi connectivity index (χ2n) is 9.76. The molecule has 0 bridgehead atoms. The van der Waals surface area contributed by atoms with Crippen LogP contribution in [0.4, 0.5) is 10.5 Å². The fraction of sp³-hybridized carbons (Fsp3) is 0.286. The first-order chi connectivity index (χ1) is 17.4. The van der Waals surface area contributed by atoms with E-state index in [9.17, 15) is 9.59 Å². The molecule has 1 N–H and O–H groups in total. The van der Waals surface area contributed by atoms with Crippen LogP contribution in [-0.4, -0.2) is 32.7 Å². The van der Waals surface area contributed by atoms with Gasteiger partial charge in [0, 0.05) is 46.8 Å². The van der Waals surface area contributed by atoms with E-state index in [2.05, 4.69) is 21.5 Å². The number of nitrogens with one attached hydrogen (secondary N) is 1. The number of urea groups is 1. The number of rotatable bonds is 3. The lowest BCUT2D eigenvalue weighted by atomic mass is 9.73. The molecule has 1 saturated carbocycles. The third kappa shape index (κ3) is 3.66. The molecule has 3 amide bonds. The number of imide groups is 1. The third-order valence-electron chi connectivity index (χ3n) is 7.52. The van der Waals surface area contributed by atoms with E-state index in [1.54, 1.807) is 12.4 Å². The zero-order valence-electron chi connectivity index (χ0n) is 20.1. The van der Waals surface area contributed by atoms with Gasteiger partial charge in [-0.3, -0.25) is 14.5 Å². The van der Waals surface area contributed by atoms with Gasteiger partial charge in [-0.1, -0.05) is 48.0 Å². The standard InChI is InChI=1S/C28H26ClN5O2/c1-16-15-33(2)32-26(16)21-8-5-9-22(29)25(21)17-10-11-20-23(12-17)31-28(36)34(27(20)35)24-14-30-13-18-6-3-4-7-19(18)24/h3-9,13-15,17,20,23H,10-12H2,1-2H3,(H,31,36). The minimum atomic E-state index is -0.403. The van der Waals surface area contributed by atoms with Crippen molar-refractivity contribution in [3.05, 3.63) is 77.2 Å². The van der Waals surface area contributed by atoms with Crippen molar-refractivity contribution >= 4 is 40.0 Å². The molecule has 8 heteroatoms. The van der Waals surface area contributed by atoms with Gasteiger partial charge in [0.2, 0.25) is 5.91 Å². The molecule has 2 aromatic heterocycles. The number of pyridine rings is 1. The number of nitrogens with zero attached hydrogens (tertiary/aromatic N) is 4. The number of benzene rings is 2. The average Bonchev–Trinajstić information content (AvgIpc) is 3.21. The second kappa shape index (κ2) is 8.75. The van der Waals surface area contributed by atoms with E-state index in [4.69, 9.17) is 11.6 Å². The molecule has 182 valence electrons. The van der Waals surface area contributed by atoms with Crippen LogP contribution in [0.15, 0.2) is 61.1 Å². The van der Waals surface area contributed by atoms with E-state index in [0.717, 1.165) is 39.6 Å². The minimum absolute atomic E-state index is 0.107. The number of anilines is 1. The van der Waals surface area contributed by atoms with Crippen LogP contribution in [0.3, 0.4) is 0 Å². The van der Waals surface area contributed by atoms with Gasteiger partial charge in [-0.15, -0.1) is 0 Å². The molecule has 2 aliphatic rings. The van der Waals surface area contributed by atoms with E-state index in [-0.39, 0.29) is 23.8 Å². The molecular weight excluding hydrogens is 474 g/mol. The highest BCUT2D eigenvalue weighted by Gasteiger charge is 2.46. The quantitative estimate of drug-likeness (QED) is 0.397. The summed E-state index contributed by atoms with van der Waals surface area (Å²) in [5, 5.41) is 10.2. The van der Waals surface area contributed by atoms with Crippen LogP contribution >= 0.6 is 11.6 Å². The molecule has 1 saturated heterocycles. The van der Waals surface area contributed by atoms with E-state index in [1.165, 1.54) is 4.90 Å². The predicted octanol–water partition coefficient (Wildman–Crippen LogP) is 5.61. The molecule has 7 nitrogen and oxygen atoms in total. The number of hydrogen-bond donors (Lipinski definition) is 1. The van der Waals surface area contributed by atoms with E-state index < -0.39 is 6.03 Å². The fourth-order valence-corrected chi connectivity index (χ4v) is 6.24. The molecule has 4 aromatic rings. The summed E-state index contributed by atoms with van der Waals surface area (Å²) in [7, 11) is 1.91. The highest BCUT2D eigenvalue weighted by atomic mass is 35.5. The van der Waals surface area contributed by atoms with Gasteiger partial charge in [0.05, 0.1) is 23.5 Å². The summed E-state index contributed by atoms with van der Waals surface area (Å²) in [6.45, 7) is 2.04. The number of carbonyl (C=O) groups is 2. The number of amides is 3. The van der Waals surface area contributed by atoms with Crippen LogP contribution < -0.4 is 10.2 Å². The smallest absolute Gasteiger partial charge is 0.329 e. The number of aromatic nitrogens is 3. The van der Waals surface area contributed by atoms with Crippen molar-refractivity contribution in [1.82, 2.24) is 20.1 Å². The second-order valence-corrected chi connectivity index (χ2v) is 10.2. The number of halogens is 1. The summed E-state index contributed by atoms with van der Waals surface area (Å²) < 4.78 is 1.81. The van der Waals surface area contributed by atoms with Crippen molar-refractivity contribution in [2.24, 2.45) is 13.0 Å². The topological polar surface area (TPSA) is 80.1 Å². The van der Waals surface area contributed by atoms with E-state index in [1.807, 2.05) is 61.2 Å². The van der Waals surface area contributed by atoms with Gasteiger partial charge in [0.25, 0.3) is 0 Å². The third-order valence-corrected chi connectivity index (χ3v) is 7.85. The Morgan fingerprint density at radius 1 is 1.06 bits per heavy atom. The van der Waals surface area contributed by atoms with E-state index >= 15 is 0 Å². The van der Waals surface area contributed by atoms with E-state index in [0.29, 0.717) is 23.6 Å².